The molecule has 4 amide bonds. The molecule has 0 saturated carbocycles. The summed E-state index contributed by atoms with van der Waals surface area (Å²) in [6.07, 6.45) is -0.600. The SMILES string of the molecule is CCC(C)C(NC(=O)C(N)CC(=O)O)C(=O)NCC(=O)NC(CCC(N)=O)C(=O)O. The van der Waals surface area contributed by atoms with E-state index in [-0.39, 0.29) is 18.8 Å². The van der Waals surface area contributed by atoms with Crippen molar-refractivity contribution in [2.75, 3.05) is 6.54 Å². The Labute approximate surface area is 172 Å². The summed E-state index contributed by atoms with van der Waals surface area (Å²) in [5, 5.41) is 24.6. The lowest BCUT2D eigenvalue weighted by Crippen LogP contribution is -2.55. The number of hydrogen-bond acceptors (Lipinski definition) is 7. The number of amides is 4. The molecule has 170 valence electrons. The van der Waals surface area contributed by atoms with Crippen molar-refractivity contribution in [3.8, 4) is 0 Å². The number of nitrogens with one attached hydrogen (secondary N) is 3. The third-order valence-corrected chi connectivity index (χ3v) is 4.26. The van der Waals surface area contributed by atoms with Crippen LogP contribution in [0.3, 0.4) is 0 Å². The van der Waals surface area contributed by atoms with Gasteiger partial charge in [0.25, 0.3) is 0 Å². The predicted octanol–water partition coefficient (Wildman–Crippen LogP) is -2.73. The standard InChI is InChI=1S/C17H29N5O8/c1-3-8(2)14(22-15(27)9(18)6-13(25)26)16(28)20-7-12(24)21-10(17(29)30)4-5-11(19)23/h8-10,14H,3-7,18H2,1-2H3,(H2,19,23)(H,20,28)(H,21,24)(H,22,27)(H,25,26)(H,29,30). The molecule has 0 aromatic heterocycles. The number of carbonyl (C=O) groups is 6. The Balaban J connectivity index is 4.89. The van der Waals surface area contributed by atoms with Crippen LogP contribution in [0.4, 0.5) is 0 Å². The van der Waals surface area contributed by atoms with Gasteiger partial charge in [0.05, 0.1) is 19.0 Å². The van der Waals surface area contributed by atoms with E-state index in [0.29, 0.717) is 6.42 Å². The van der Waals surface area contributed by atoms with Gasteiger partial charge in [-0.25, -0.2) is 4.79 Å². The first kappa shape index (κ1) is 26.8. The van der Waals surface area contributed by atoms with Gasteiger partial charge in [0.2, 0.25) is 23.6 Å². The Morgan fingerprint density at radius 1 is 1.00 bits per heavy atom. The quantitative estimate of drug-likeness (QED) is 0.151. The molecule has 4 unspecified atom stereocenters. The summed E-state index contributed by atoms with van der Waals surface area (Å²) in [5.74, 6) is -6.11. The van der Waals surface area contributed by atoms with E-state index in [4.69, 9.17) is 21.7 Å². The van der Waals surface area contributed by atoms with Crippen molar-refractivity contribution in [3.05, 3.63) is 0 Å². The molecule has 4 atom stereocenters. The van der Waals surface area contributed by atoms with E-state index in [2.05, 4.69) is 16.0 Å². The fraction of sp³-hybridized carbons (Fsp3) is 0.647. The summed E-state index contributed by atoms with van der Waals surface area (Å²) in [6.45, 7) is 2.85. The van der Waals surface area contributed by atoms with E-state index in [0.717, 1.165) is 0 Å². The van der Waals surface area contributed by atoms with Crippen molar-refractivity contribution in [1.29, 1.82) is 0 Å². The molecule has 13 heteroatoms. The van der Waals surface area contributed by atoms with Gasteiger partial charge in [0, 0.05) is 6.42 Å². The van der Waals surface area contributed by atoms with Gasteiger partial charge < -0.3 is 37.6 Å². The molecular weight excluding hydrogens is 402 g/mol. The molecule has 0 bridgehead atoms. The van der Waals surface area contributed by atoms with Gasteiger partial charge in [-0.05, 0) is 12.3 Å². The molecule has 0 radical (unpaired) electrons. The topological polar surface area (TPSA) is 231 Å². The zero-order chi connectivity index (χ0) is 23.4. The highest BCUT2D eigenvalue weighted by atomic mass is 16.4. The smallest absolute Gasteiger partial charge is 0.326 e. The molecule has 0 rings (SSSR count). The van der Waals surface area contributed by atoms with Crippen LogP contribution in [0.5, 0.6) is 0 Å². The van der Waals surface area contributed by atoms with Gasteiger partial charge in [-0.3, -0.25) is 24.0 Å². The molecule has 0 fully saturated rings. The average Bonchev–Trinajstić information content (AvgIpc) is 2.65. The van der Waals surface area contributed by atoms with Crippen LogP contribution < -0.4 is 27.4 Å². The Morgan fingerprint density at radius 2 is 1.60 bits per heavy atom. The minimum absolute atomic E-state index is 0.211. The van der Waals surface area contributed by atoms with Gasteiger partial charge in [-0.1, -0.05) is 20.3 Å². The molecule has 0 saturated heterocycles. The van der Waals surface area contributed by atoms with Crippen LogP contribution in [-0.4, -0.2) is 70.5 Å². The minimum Gasteiger partial charge on any atom is -0.481 e. The van der Waals surface area contributed by atoms with E-state index in [1.54, 1.807) is 13.8 Å². The number of carbonyl (C=O) groups excluding carboxylic acids is 4. The third-order valence-electron chi connectivity index (χ3n) is 4.26. The zero-order valence-corrected chi connectivity index (χ0v) is 16.8. The first-order chi connectivity index (χ1) is 13.9. The molecule has 9 N–H and O–H groups in total. The van der Waals surface area contributed by atoms with Crippen molar-refractivity contribution in [1.82, 2.24) is 16.0 Å². The van der Waals surface area contributed by atoms with Crippen LogP contribution >= 0.6 is 0 Å². The monoisotopic (exact) mass is 431 g/mol. The highest BCUT2D eigenvalue weighted by molar-refractivity contribution is 5.93. The van der Waals surface area contributed by atoms with Gasteiger partial charge in [-0.2, -0.15) is 0 Å². The Bertz CT molecular complexity index is 669. The molecule has 0 spiro atoms. The number of carboxylic acid groups (broad SMARTS) is 2. The number of nitrogens with two attached hydrogens (primary N) is 2. The van der Waals surface area contributed by atoms with Gasteiger partial charge in [0.15, 0.2) is 0 Å². The number of rotatable bonds is 14. The molecule has 30 heavy (non-hydrogen) atoms. The lowest BCUT2D eigenvalue weighted by Gasteiger charge is -2.25. The molecule has 13 nitrogen and oxygen atoms in total. The van der Waals surface area contributed by atoms with Crippen molar-refractivity contribution in [2.24, 2.45) is 17.4 Å². The molecule has 0 aliphatic heterocycles. The summed E-state index contributed by atoms with van der Waals surface area (Å²) in [4.78, 5) is 69.0. The van der Waals surface area contributed by atoms with Crippen molar-refractivity contribution in [3.63, 3.8) is 0 Å². The second-order valence-corrected chi connectivity index (χ2v) is 6.76. The normalized spacial score (nSPS) is 14.5. The Kier molecular flexibility index (Phi) is 11.7. The predicted molar refractivity (Wildman–Crippen MR) is 103 cm³/mol. The van der Waals surface area contributed by atoms with Crippen LogP contribution in [0.25, 0.3) is 0 Å². The highest BCUT2D eigenvalue weighted by Gasteiger charge is 2.29. The minimum atomic E-state index is -1.37. The molecule has 0 aliphatic rings. The number of aliphatic carboxylic acids is 2. The van der Waals surface area contributed by atoms with E-state index in [1.807, 2.05) is 0 Å². The number of hydrogen-bond donors (Lipinski definition) is 7. The lowest BCUT2D eigenvalue weighted by atomic mass is 9.97. The van der Waals surface area contributed by atoms with Crippen LogP contribution in [0.15, 0.2) is 0 Å². The fourth-order valence-corrected chi connectivity index (χ4v) is 2.31. The summed E-state index contributed by atoms with van der Waals surface area (Å²) in [7, 11) is 0. The molecule has 0 aliphatic carbocycles. The van der Waals surface area contributed by atoms with Crippen molar-refractivity contribution < 1.29 is 39.0 Å². The van der Waals surface area contributed by atoms with Crippen LogP contribution in [0.1, 0.15) is 39.5 Å². The maximum absolute atomic E-state index is 12.4. The number of primary amides is 1. The first-order valence-corrected chi connectivity index (χ1v) is 9.24. The second-order valence-electron chi connectivity index (χ2n) is 6.76. The molecular formula is C17H29N5O8. The van der Waals surface area contributed by atoms with Crippen LogP contribution in [0.2, 0.25) is 0 Å². The maximum Gasteiger partial charge on any atom is 0.326 e. The first-order valence-electron chi connectivity index (χ1n) is 9.24. The van der Waals surface area contributed by atoms with Crippen molar-refractivity contribution in [2.45, 2.75) is 57.7 Å². The van der Waals surface area contributed by atoms with Gasteiger partial charge in [-0.15, -0.1) is 0 Å². The van der Waals surface area contributed by atoms with E-state index < -0.39 is 66.7 Å². The van der Waals surface area contributed by atoms with Gasteiger partial charge >= 0.3 is 11.9 Å². The summed E-state index contributed by atoms with van der Waals surface area (Å²) >= 11 is 0. The zero-order valence-electron chi connectivity index (χ0n) is 16.8. The summed E-state index contributed by atoms with van der Waals surface area (Å²) < 4.78 is 0. The molecule has 0 heterocycles. The lowest BCUT2D eigenvalue weighted by molar-refractivity contribution is -0.142. The fourth-order valence-electron chi connectivity index (χ4n) is 2.31. The van der Waals surface area contributed by atoms with E-state index >= 15 is 0 Å². The Hall–Kier alpha value is -3.22. The average molecular weight is 431 g/mol. The molecule has 0 aromatic carbocycles. The van der Waals surface area contributed by atoms with Crippen LogP contribution in [-0.2, 0) is 28.8 Å². The highest BCUT2D eigenvalue weighted by Crippen LogP contribution is 2.08. The van der Waals surface area contributed by atoms with E-state index in [9.17, 15) is 28.8 Å². The second kappa shape index (κ2) is 13.1. The third kappa shape index (κ3) is 10.4. The summed E-state index contributed by atoms with van der Waals surface area (Å²) in [5.41, 5.74) is 10.4. The van der Waals surface area contributed by atoms with Gasteiger partial charge in [0.1, 0.15) is 12.1 Å². The Morgan fingerprint density at radius 3 is 2.07 bits per heavy atom. The maximum atomic E-state index is 12.4. The largest absolute Gasteiger partial charge is 0.481 e. The van der Waals surface area contributed by atoms with Crippen LogP contribution in [0, 0.1) is 5.92 Å². The number of carboxylic acids is 2. The summed E-state index contributed by atoms with van der Waals surface area (Å²) in [6, 6.07) is -3.80. The van der Waals surface area contributed by atoms with E-state index in [1.165, 1.54) is 0 Å². The molecule has 0 aromatic rings. The van der Waals surface area contributed by atoms with Crippen molar-refractivity contribution >= 4 is 35.6 Å².